The molecule has 2 amide bonds. The monoisotopic (exact) mass is 334 g/mol. The molecule has 0 bridgehead atoms. The number of ether oxygens (including phenoxy) is 1. The van der Waals surface area contributed by atoms with Crippen LogP contribution in [0.15, 0.2) is 24.3 Å². The van der Waals surface area contributed by atoms with Crippen molar-refractivity contribution < 1.29 is 14.6 Å². The molecule has 134 valence electrons. The third kappa shape index (κ3) is 4.63. The minimum Gasteiger partial charge on any atom is -0.493 e. The lowest BCUT2D eigenvalue weighted by Crippen LogP contribution is -2.43. The SMILES string of the molecule is CCC(CC)(CCO)CNC(=O)NC1CCCOc2ccccc21. The molecule has 0 aliphatic carbocycles. The lowest BCUT2D eigenvalue weighted by atomic mass is 9.79. The van der Waals surface area contributed by atoms with Crippen LogP contribution in [0.25, 0.3) is 0 Å². The molecule has 3 N–H and O–H groups in total. The number of aliphatic hydroxyl groups is 1. The van der Waals surface area contributed by atoms with E-state index in [2.05, 4.69) is 24.5 Å². The van der Waals surface area contributed by atoms with Crippen molar-refractivity contribution in [2.45, 2.75) is 52.0 Å². The van der Waals surface area contributed by atoms with Crippen LogP contribution in [0.3, 0.4) is 0 Å². The minimum atomic E-state index is -0.152. The lowest BCUT2D eigenvalue weighted by molar-refractivity contribution is 0.162. The van der Waals surface area contributed by atoms with Crippen molar-refractivity contribution in [2.24, 2.45) is 5.41 Å². The average molecular weight is 334 g/mol. The second-order valence-electron chi connectivity index (χ2n) is 6.59. The van der Waals surface area contributed by atoms with Gasteiger partial charge < -0.3 is 20.5 Å². The van der Waals surface area contributed by atoms with E-state index >= 15 is 0 Å². The first kappa shape index (κ1) is 18.6. The van der Waals surface area contributed by atoms with Crippen LogP contribution in [0.1, 0.15) is 57.6 Å². The summed E-state index contributed by atoms with van der Waals surface area (Å²) in [6.07, 6.45) is 4.36. The zero-order valence-electron chi connectivity index (χ0n) is 14.8. The first-order valence-corrected chi connectivity index (χ1v) is 9.01. The fourth-order valence-electron chi connectivity index (χ4n) is 3.33. The molecular formula is C19H30N2O3. The molecule has 0 aromatic heterocycles. The number of hydrogen-bond donors (Lipinski definition) is 3. The predicted molar refractivity (Wildman–Crippen MR) is 95.2 cm³/mol. The van der Waals surface area contributed by atoms with E-state index in [1.54, 1.807) is 0 Å². The normalized spacial score (nSPS) is 17.4. The first-order chi connectivity index (χ1) is 11.6. The fraction of sp³-hybridized carbons (Fsp3) is 0.632. The highest BCUT2D eigenvalue weighted by Gasteiger charge is 2.27. The molecule has 1 aromatic rings. The Morgan fingerprint density at radius 2 is 2.08 bits per heavy atom. The van der Waals surface area contributed by atoms with Crippen molar-refractivity contribution in [2.75, 3.05) is 19.8 Å². The average Bonchev–Trinajstić information content (AvgIpc) is 2.81. The van der Waals surface area contributed by atoms with Gasteiger partial charge in [-0.25, -0.2) is 4.79 Å². The quantitative estimate of drug-likeness (QED) is 0.716. The van der Waals surface area contributed by atoms with Gasteiger partial charge >= 0.3 is 6.03 Å². The van der Waals surface area contributed by atoms with Gasteiger partial charge in [0.05, 0.1) is 12.6 Å². The Kier molecular flexibility index (Phi) is 6.91. The summed E-state index contributed by atoms with van der Waals surface area (Å²) in [5, 5.41) is 15.4. The van der Waals surface area contributed by atoms with Crippen LogP contribution in [0.2, 0.25) is 0 Å². The Hall–Kier alpha value is -1.75. The van der Waals surface area contributed by atoms with E-state index in [0.29, 0.717) is 19.6 Å². The largest absolute Gasteiger partial charge is 0.493 e. The fourth-order valence-corrected chi connectivity index (χ4v) is 3.33. The summed E-state index contributed by atoms with van der Waals surface area (Å²) in [5.41, 5.74) is 1.01. The minimum absolute atomic E-state index is 0.0285. The standard InChI is InChI=1S/C19H30N2O3/c1-3-19(4-2,11-12-22)14-20-18(23)21-16-9-7-13-24-17-10-6-5-8-15(16)17/h5-6,8,10,16,22H,3-4,7,9,11-14H2,1-2H3,(H2,20,21,23). The molecule has 5 nitrogen and oxygen atoms in total. The second-order valence-corrected chi connectivity index (χ2v) is 6.59. The summed E-state index contributed by atoms with van der Waals surface area (Å²) >= 11 is 0. The molecule has 0 radical (unpaired) electrons. The third-order valence-electron chi connectivity index (χ3n) is 5.26. The topological polar surface area (TPSA) is 70.6 Å². The van der Waals surface area contributed by atoms with Crippen LogP contribution in [0, 0.1) is 5.41 Å². The number of benzene rings is 1. The van der Waals surface area contributed by atoms with Gasteiger partial charge in [0, 0.05) is 18.7 Å². The van der Waals surface area contributed by atoms with Gasteiger partial charge in [0.1, 0.15) is 5.75 Å². The number of carbonyl (C=O) groups is 1. The van der Waals surface area contributed by atoms with Crippen LogP contribution in [0.5, 0.6) is 5.75 Å². The van der Waals surface area contributed by atoms with Crippen molar-refractivity contribution in [1.29, 1.82) is 0 Å². The number of hydrogen-bond acceptors (Lipinski definition) is 3. The van der Waals surface area contributed by atoms with Crippen LogP contribution in [-0.2, 0) is 0 Å². The predicted octanol–water partition coefficient (Wildman–Crippen LogP) is 3.39. The van der Waals surface area contributed by atoms with Gasteiger partial charge in [-0.2, -0.15) is 0 Å². The molecule has 5 heteroatoms. The first-order valence-electron chi connectivity index (χ1n) is 9.01. The number of para-hydroxylation sites is 1. The van der Waals surface area contributed by atoms with Crippen molar-refractivity contribution in [1.82, 2.24) is 10.6 Å². The zero-order valence-corrected chi connectivity index (χ0v) is 14.8. The molecule has 1 aromatic carbocycles. The van der Waals surface area contributed by atoms with Gasteiger partial charge in [-0.3, -0.25) is 0 Å². The highest BCUT2D eigenvalue weighted by Crippen LogP contribution is 2.31. The van der Waals surface area contributed by atoms with E-state index in [4.69, 9.17) is 4.74 Å². The molecule has 0 fully saturated rings. The molecule has 1 unspecified atom stereocenters. The molecule has 24 heavy (non-hydrogen) atoms. The summed E-state index contributed by atoms with van der Waals surface area (Å²) in [6, 6.07) is 7.71. The maximum absolute atomic E-state index is 12.4. The van der Waals surface area contributed by atoms with Crippen molar-refractivity contribution in [3.8, 4) is 5.75 Å². The van der Waals surface area contributed by atoms with E-state index in [0.717, 1.165) is 37.0 Å². The summed E-state index contributed by atoms with van der Waals surface area (Å²) in [5.74, 6) is 0.858. The van der Waals surface area contributed by atoms with Gasteiger partial charge in [0.15, 0.2) is 0 Å². The molecule has 0 saturated heterocycles. The van der Waals surface area contributed by atoms with E-state index in [9.17, 15) is 9.90 Å². The van der Waals surface area contributed by atoms with Gasteiger partial charge in [0.2, 0.25) is 0 Å². The van der Waals surface area contributed by atoms with Gasteiger partial charge in [-0.05, 0) is 43.6 Å². The molecule has 1 aliphatic heterocycles. The number of aliphatic hydroxyl groups excluding tert-OH is 1. The van der Waals surface area contributed by atoms with E-state index in [1.165, 1.54) is 0 Å². The maximum Gasteiger partial charge on any atom is 0.315 e. The number of fused-ring (bicyclic) bond motifs is 1. The summed E-state index contributed by atoms with van der Waals surface area (Å²) in [6.45, 7) is 5.63. The lowest BCUT2D eigenvalue weighted by Gasteiger charge is -2.31. The molecule has 0 spiro atoms. The zero-order chi connectivity index (χ0) is 17.4. The van der Waals surface area contributed by atoms with Crippen molar-refractivity contribution in [3.05, 3.63) is 29.8 Å². The van der Waals surface area contributed by atoms with E-state index < -0.39 is 0 Å². The number of urea groups is 1. The smallest absolute Gasteiger partial charge is 0.315 e. The number of nitrogens with one attached hydrogen (secondary N) is 2. The molecule has 2 rings (SSSR count). The molecule has 0 saturated carbocycles. The second kappa shape index (κ2) is 8.92. The highest BCUT2D eigenvalue weighted by atomic mass is 16.5. The van der Waals surface area contributed by atoms with Crippen molar-refractivity contribution in [3.63, 3.8) is 0 Å². The Labute approximate surface area is 144 Å². The molecule has 1 aliphatic rings. The van der Waals surface area contributed by atoms with Crippen LogP contribution in [0.4, 0.5) is 4.79 Å². The van der Waals surface area contributed by atoms with Gasteiger partial charge in [-0.1, -0.05) is 32.0 Å². The Balaban J connectivity index is 1.97. The van der Waals surface area contributed by atoms with E-state index in [-0.39, 0.29) is 24.1 Å². The van der Waals surface area contributed by atoms with Crippen LogP contribution >= 0.6 is 0 Å². The Bertz CT molecular complexity index is 529. The molecule has 1 atom stereocenters. The molecular weight excluding hydrogens is 304 g/mol. The third-order valence-corrected chi connectivity index (χ3v) is 5.26. The summed E-state index contributed by atoms with van der Waals surface area (Å²) in [7, 11) is 0. The number of amides is 2. The number of carbonyl (C=O) groups excluding carboxylic acids is 1. The Morgan fingerprint density at radius 1 is 1.33 bits per heavy atom. The summed E-state index contributed by atoms with van der Waals surface area (Å²) in [4.78, 5) is 12.4. The Morgan fingerprint density at radius 3 is 2.79 bits per heavy atom. The van der Waals surface area contributed by atoms with Crippen LogP contribution < -0.4 is 15.4 Å². The number of rotatable bonds is 7. The molecule has 1 heterocycles. The van der Waals surface area contributed by atoms with E-state index in [1.807, 2.05) is 24.3 Å². The van der Waals surface area contributed by atoms with Crippen LogP contribution in [-0.4, -0.2) is 30.9 Å². The highest BCUT2D eigenvalue weighted by molar-refractivity contribution is 5.74. The van der Waals surface area contributed by atoms with Gasteiger partial charge in [0.25, 0.3) is 0 Å². The van der Waals surface area contributed by atoms with Gasteiger partial charge in [-0.15, -0.1) is 0 Å². The maximum atomic E-state index is 12.4. The summed E-state index contributed by atoms with van der Waals surface area (Å²) < 4.78 is 5.74. The van der Waals surface area contributed by atoms with Crippen molar-refractivity contribution >= 4 is 6.03 Å².